The number of morpholine rings is 1. The first-order valence-corrected chi connectivity index (χ1v) is 8.70. The number of piperazine rings is 1. The monoisotopic (exact) mass is 347 g/mol. The molecule has 0 aromatic carbocycles. The van der Waals surface area contributed by atoms with Crippen molar-refractivity contribution in [3.8, 4) is 0 Å². The Morgan fingerprint density at radius 1 is 1.40 bits per heavy atom. The highest BCUT2D eigenvalue weighted by atomic mass is 16.5. The zero-order valence-corrected chi connectivity index (χ0v) is 14.0. The molecule has 134 valence electrons. The van der Waals surface area contributed by atoms with E-state index in [9.17, 15) is 14.7 Å². The van der Waals surface area contributed by atoms with Gasteiger partial charge < -0.3 is 29.7 Å². The van der Waals surface area contributed by atoms with E-state index in [2.05, 4.69) is 5.32 Å². The molecule has 4 atom stereocenters. The topological polar surface area (TPSA) is 101 Å². The Morgan fingerprint density at radius 2 is 2.16 bits per heavy atom. The highest BCUT2D eigenvalue weighted by molar-refractivity contribution is 6.23. The van der Waals surface area contributed by atoms with Gasteiger partial charge in [-0.25, -0.2) is 0 Å². The van der Waals surface area contributed by atoms with Crippen molar-refractivity contribution in [1.29, 1.82) is 0 Å². The molecule has 0 amide bonds. The van der Waals surface area contributed by atoms with Crippen molar-refractivity contribution in [2.45, 2.75) is 17.8 Å². The summed E-state index contributed by atoms with van der Waals surface area (Å²) in [7, 11) is 1.59. The van der Waals surface area contributed by atoms with Crippen molar-refractivity contribution >= 4 is 11.6 Å². The number of aliphatic hydroxyl groups excluding tert-OH is 1. The summed E-state index contributed by atoms with van der Waals surface area (Å²) in [5.41, 5.74) is 0.393. The Balaban J connectivity index is 1.57. The average Bonchev–Trinajstić information content (AvgIpc) is 3.24. The summed E-state index contributed by atoms with van der Waals surface area (Å²) in [6.45, 7) is 2.63. The summed E-state index contributed by atoms with van der Waals surface area (Å²) in [5, 5.41) is 13.4. The smallest absolute Gasteiger partial charge is 0.207 e. The summed E-state index contributed by atoms with van der Waals surface area (Å²) >= 11 is 0. The van der Waals surface area contributed by atoms with Crippen molar-refractivity contribution in [3.63, 3.8) is 0 Å². The Hall–Kier alpha value is -1.74. The van der Waals surface area contributed by atoms with Crippen molar-refractivity contribution in [2.24, 2.45) is 5.92 Å². The minimum atomic E-state index is -0.844. The maximum atomic E-state index is 13.3. The van der Waals surface area contributed by atoms with Crippen LogP contribution in [-0.2, 0) is 19.1 Å². The number of carbonyl (C=O) groups excluding carboxylic acids is 2. The molecule has 3 saturated heterocycles. The number of nitrogens with one attached hydrogen (secondary N) is 1. The second-order valence-electron chi connectivity index (χ2n) is 7.14. The maximum Gasteiger partial charge on any atom is 0.207 e. The summed E-state index contributed by atoms with van der Waals surface area (Å²) in [4.78, 5) is 30.0. The second-order valence-corrected chi connectivity index (χ2v) is 7.14. The molecule has 4 heterocycles. The van der Waals surface area contributed by atoms with E-state index >= 15 is 0 Å². The summed E-state index contributed by atoms with van der Waals surface area (Å²) in [6, 6.07) is 0.281. The van der Waals surface area contributed by atoms with Crippen LogP contribution in [0.25, 0.3) is 0 Å². The molecule has 5 aliphatic rings. The minimum absolute atomic E-state index is 0.0349. The highest BCUT2D eigenvalue weighted by Gasteiger charge is 2.72. The fourth-order valence-electron chi connectivity index (χ4n) is 5.00. The number of hydrogen-bond acceptors (Lipinski definition) is 8. The molecule has 0 bridgehead atoms. The fourth-order valence-corrected chi connectivity index (χ4v) is 5.00. The van der Waals surface area contributed by atoms with E-state index in [1.807, 2.05) is 9.80 Å². The summed E-state index contributed by atoms with van der Waals surface area (Å²) in [5.74, 6) is -0.868. The van der Waals surface area contributed by atoms with Gasteiger partial charge in [-0.2, -0.15) is 0 Å². The third-order valence-corrected chi connectivity index (χ3v) is 6.15. The summed E-state index contributed by atoms with van der Waals surface area (Å²) in [6.07, 6.45) is 1.45. The van der Waals surface area contributed by atoms with Gasteiger partial charge in [0, 0.05) is 44.4 Å². The minimum Gasteiger partial charge on any atom is -0.396 e. The lowest BCUT2D eigenvalue weighted by atomic mass is 9.84. The standard InChI is InChI=1S/C17H21N3O5/c1-24-17-9(8-21)13-14(20(17)7-10-16(17)18-10)12(22)6-11(15(13)23)19-2-4-25-5-3-19/h6,9-10,16,18,21H,2-5,7-8H2,1H3. The number of aliphatic hydroxyl groups is 1. The van der Waals surface area contributed by atoms with Crippen LogP contribution in [0.1, 0.15) is 0 Å². The molecule has 5 rings (SSSR count). The Kier molecular flexibility index (Phi) is 3.19. The van der Waals surface area contributed by atoms with Crippen molar-refractivity contribution < 1.29 is 24.2 Å². The zero-order chi connectivity index (χ0) is 17.3. The van der Waals surface area contributed by atoms with Crippen molar-refractivity contribution in [1.82, 2.24) is 15.1 Å². The lowest BCUT2D eigenvalue weighted by molar-refractivity contribution is -0.136. The molecule has 8 nitrogen and oxygen atoms in total. The molecular weight excluding hydrogens is 326 g/mol. The van der Waals surface area contributed by atoms with Gasteiger partial charge in [0.2, 0.25) is 11.6 Å². The number of nitrogens with zero attached hydrogens (tertiary/aromatic N) is 2. The molecule has 4 unspecified atom stereocenters. The first-order chi connectivity index (χ1) is 12.1. The van der Waals surface area contributed by atoms with Gasteiger partial charge >= 0.3 is 0 Å². The number of hydrogen-bond donors (Lipinski definition) is 2. The predicted molar refractivity (Wildman–Crippen MR) is 85.2 cm³/mol. The number of Topliss-reactive ketones (excluding diaryl/α,β-unsaturated/α-hetero) is 1. The molecule has 2 N–H and O–H groups in total. The molecule has 4 aliphatic heterocycles. The van der Waals surface area contributed by atoms with Crippen molar-refractivity contribution in [3.05, 3.63) is 23.0 Å². The zero-order valence-electron chi connectivity index (χ0n) is 14.0. The number of fused-ring (bicyclic) bond motifs is 4. The van der Waals surface area contributed by atoms with Crippen LogP contribution in [0.3, 0.4) is 0 Å². The normalized spacial score (nSPS) is 39.4. The van der Waals surface area contributed by atoms with Gasteiger partial charge in [0.25, 0.3) is 0 Å². The number of rotatable bonds is 3. The number of carbonyl (C=O) groups is 2. The van der Waals surface area contributed by atoms with Crippen LogP contribution in [0, 0.1) is 5.92 Å². The molecule has 3 fully saturated rings. The van der Waals surface area contributed by atoms with E-state index in [0.29, 0.717) is 49.8 Å². The van der Waals surface area contributed by atoms with Crippen LogP contribution >= 0.6 is 0 Å². The first kappa shape index (κ1) is 15.5. The fraction of sp³-hybridized carbons (Fsp3) is 0.647. The Morgan fingerprint density at radius 3 is 2.84 bits per heavy atom. The largest absolute Gasteiger partial charge is 0.396 e. The quantitative estimate of drug-likeness (QED) is 0.457. The number of allylic oxidation sites excluding steroid dienone is 2. The van der Waals surface area contributed by atoms with E-state index in [1.165, 1.54) is 6.08 Å². The molecule has 25 heavy (non-hydrogen) atoms. The van der Waals surface area contributed by atoms with Gasteiger partial charge in [-0.15, -0.1) is 0 Å². The molecule has 0 radical (unpaired) electrons. The second kappa shape index (κ2) is 5.14. The number of methoxy groups -OCH3 is 1. The van der Waals surface area contributed by atoms with Crippen LogP contribution in [0.4, 0.5) is 0 Å². The molecule has 8 heteroatoms. The van der Waals surface area contributed by atoms with Gasteiger partial charge in [0.15, 0.2) is 5.72 Å². The molecule has 0 spiro atoms. The van der Waals surface area contributed by atoms with Crippen LogP contribution in [0.5, 0.6) is 0 Å². The van der Waals surface area contributed by atoms with Gasteiger partial charge in [0.05, 0.1) is 43.2 Å². The van der Waals surface area contributed by atoms with E-state index in [4.69, 9.17) is 9.47 Å². The number of ether oxygens (including phenoxy) is 2. The SMILES string of the molecule is COC12C(CO)C3=C(C(=O)C=C(N4CCOCC4)C3=O)N1CC1NC12. The predicted octanol–water partition coefficient (Wildman–Crippen LogP) is -1.77. The molecule has 0 aromatic heterocycles. The van der Waals surface area contributed by atoms with Gasteiger partial charge in [-0.05, 0) is 0 Å². The average molecular weight is 347 g/mol. The summed E-state index contributed by atoms with van der Waals surface area (Å²) < 4.78 is 11.2. The van der Waals surface area contributed by atoms with Crippen LogP contribution in [-0.4, -0.2) is 90.8 Å². The van der Waals surface area contributed by atoms with Gasteiger partial charge in [-0.3, -0.25) is 9.59 Å². The van der Waals surface area contributed by atoms with Crippen LogP contribution in [0.2, 0.25) is 0 Å². The van der Waals surface area contributed by atoms with E-state index in [0.717, 1.165) is 0 Å². The lowest BCUT2D eigenvalue weighted by Crippen LogP contribution is -2.54. The third kappa shape index (κ3) is 1.80. The Bertz CT molecular complexity index is 726. The van der Waals surface area contributed by atoms with Crippen LogP contribution in [0.15, 0.2) is 23.0 Å². The molecule has 0 saturated carbocycles. The lowest BCUT2D eigenvalue weighted by Gasteiger charge is -2.39. The molecule has 1 aliphatic carbocycles. The molecule has 0 aromatic rings. The van der Waals surface area contributed by atoms with E-state index in [-0.39, 0.29) is 30.3 Å². The van der Waals surface area contributed by atoms with E-state index in [1.54, 1.807) is 7.11 Å². The van der Waals surface area contributed by atoms with Crippen LogP contribution < -0.4 is 5.32 Å². The maximum absolute atomic E-state index is 13.3. The third-order valence-electron chi connectivity index (χ3n) is 6.15. The Labute approximate surface area is 145 Å². The highest BCUT2D eigenvalue weighted by Crippen LogP contribution is 2.55. The van der Waals surface area contributed by atoms with Gasteiger partial charge in [-0.1, -0.05) is 0 Å². The van der Waals surface area contributed by atoms with Crippen molar-refractivity contribution in [2.75, 3.05) is 46.6 Å². The van der Waals surface area contributed by atoms with E-state index < -0.39 is 11.6 Å². The first-order valence-electron chi connectivity index (χ1n) is 8.70. The number of ketones is 2. The molecular formula is C17H21N3O5. The van der Waals surface area contributed by atoms with Gasteiger partial charge in [0.1, 0.15) is 0 Å².